The maximum absolute atomic E-state index is 13.5. The second-order valence-electron chi connectivity index (χ2n) is 8.65. The molecule has 36 heavy (non-hydrogen) atoms. The van der Waals surface area contributed by atoms with Gasteiger partial charge < -0.3 is 24.1 Å². The highest BCUT2D eigenvalue weighted by molar-refractivity contribution is 6.12. The molecule has 0 fully saturated rings. The first-order valence-electron chi connectivity index (χ1n) is 12.2. The SMILES string of the molecule is CCN(CC)CCOc1cc(NC(=O)c2cc(-c3ccco3)nc3c2cnn3C(C)C)ccc1OC. The Morgan fingerprint density at radius 2 is 1.97 bits per heavy atom. The van der Waals surface area contributed by atoms with E-state index >= 15 is 0 Å². The Labute approximate surface area is 211 Å². The molecule has 1 aromatic carbocycles. The summed E-state index contributed by atoms with van der Waals surface area (Å²) < 4.78 is 18.8. The van der Waals surface area contributed by atoms with E-state index in [9.17, 15) is 4.79 Å². The molecule has 4 rings (SSSR count). The van der Waals surface area contributed by atoms with Gasteiger partial charge in [0, 0.05) is 24.3 Å². The van der Waals surface area contributed by atoms with Crippen LogP contribution in [0.25, 0.3) is 22.5 Å². The van der Waals surface area contributed by atoms with Gasteiger partial charge in [-0.05, 0) is 57.3 Å². The number of benzene rings is 1. The van der Waals surface area contributed by atoms with Gasteiger partial charge in [-0.25, -0.2) is 9.67 Å². The van der Waals surface area contributed by atoms with Crippen molar-refractivity contribution in [2.75, 3.05) is 38.7 Å². The van der Waals surface area contributed by atoms with Gasteiger partial charge in [0.05, 0.1) is 30.5 Å². The number of nitrogens with zero attached hydrogens (tertiary/aromatic N) is 4. The second-order valence-corrected chi connectivity index (χ2v) is 8.65. The van der Waals surface area contributed by atoms with Crippen LogP contribution in [-0.2, 0) is 0 Å². The van der Waals surface area contributed by atoms with Crippen LogP contribution in [-0.4, -0.2) is 58.9 Å². The third-order valence-corrected chi connectivity index (χ3v) is 6.06. The van der Waals surface area contributed by atoms with Gasteiger partial charge in [-0.2, -0.15) is 5.10 Å². The molecule has 0 aliphatic rings. The van der Waals surface area contributed by atoms with E-state index in [0.717, 1.165) is 19.6 Å². The lowest BCUT2D eigenvalue weighted by molar-refractivity contribution is 0.102. The Kier molecular flexibility index (Phi) is 7.90. The number of furan rings is 1. The fraction of sp³-hybridized carbons (Fsp3) is 0.370. The first-order chi connectivity index (χ1) is 17.4. The molecule has 0 atom stereocenters. The summed E-state index contributed by atoms with van der Waals surface area (Å²) >= 11 is 0. The minimum absolute atomic E-state index is 0.0791. The van der Waals surface area contributed by atoms with Crippen LogP contribution in [0.5, 0.6) is 11.5 Å². The third-order valence-electron chi connectivity index (χ3n) is 6.06. The summed E-state index contributed by atoms with van der Waals surface area (Å²) in [5, 5.41) is 8.13. The topological polar surface area (TPSA) is 94.6 Å². The molecule has 0 bridgehead atoms. The molecular formula is C27H33N5O4. The maximum atomic E-state index is 13.5. The summed E-state index contributed by atoms with van der Waals surface area (Å²) in [5.74, 6) is 1.48. The zero-order chi connectivity index (χ0) is 25.7. The summed E-state index contributed by atoms with van der Waals surface area (Å²) in [6.45, 7) is 11.5. The summed E-state index contributed by atoms with van der Waals surface area (Å²) in [6.07, 6.45) is 3.26. The average Bonchev–Trinajstić information content (AvgIpc) is 3.56. The standard InChI is InChI=1S/C27H33N5O4/c1-6-31(7-2)12-14-36-25-15-19(10-11-24(25)34-5)29-27(33)20-16-22(23-9-8-13-35-23)30-26-21(20)17-28-32(26)18(3)4/h8-11,13,15-18H,6-7,12,14H2,1-5H3,(H,29,33). The molecule has 190 valence electrons. The Morgan fingerprint density at radius 1 is 1.17 bits per heavy atom. The zero-order valence-corrected chi connectivity index (χ0v) is 21.4. The molecule has 0 unspecified atom stereocenters. The number of aromatic nitrogens is 3. The summed E-state index contributed by atoms with van der Waals surface area (Å²) in [4.78, 5) is 20.5. The van der Waals surface area contributed by atoms with Crippen LogP contribution < -0.4 is 14.8 Å². The number of amides is 1. The van der Waals surface area contributed by atoms with Gasteiger partial charge >= 0.3 is 0 Å². The van der Waals surface area contributed by atoms with E-state index in [4.69, 9.17) is 18.9 Å². The van der Waals surface area contributed by atoms with Gasteiger partial charge in [0.25, 0.3) is 5.91 Å². The Hall–Kier alpha value is -3.85. The van der Waals surface area contributed by atoms with E-state index in [1.165, 1.54) is 0 Å². The molecule has 0 aliphatic carbocycles. The number of pyridine rings is 1. The van der Waals surface area contributed by atoms with Gasteiger partial charge in [-0.1, -0.05) is 13.8 Å². The quantitative estimate of drug-likeness (QED) is 0.306. The molecule has 0 saturated carbocycles. The number of anilines is 1. The van der Waals surface area contributed by atoms with Crippen LogP contribution in [0.4, 0.5) is 5.69 Å². The number of nitrogens with one attached hydrogen (secondary N) is 1. The van der Waals surface area contributed by atoms with Crippen LogP contribution in [0, 0.1) is 0 Å². The second kappa shape index (κ2) is 11.3. The molecule has 3 heterocycles. The zero-order valence-electron chi connectivity index (χ0n) is 21.4. The van der Waals surface area contributed by atoms with Gasteiger partial charge in [-0.15, -0.1) is 0 Å². The molecule has 0 spiro atoms. The van der Waals surface area contributed by atoms with Crippen LogP contribution in [0.2, 0.25) is 0 Å². The predicted octanol–water partition coefficient (Wildman–Crippen LogP) is 5.25. The van der Waals surface area contributed by atoms with Crippen molar-refractivity contribution in [3.8, 4) is 23.0 Å². The van der Waals surface area contributed by atoms with E-state index in [-0.39, 0.29) is 11.9 Å². The Bertz CT molecular complexity index is 1310. The highest BCUT2D eigenvalue weighted by atomic mass is 16.5. The van der Waals surface area contributed by atoms with Crippen molar-refractivity contribution in [3.63, 3.8) is 0 Å². The van der Waals surface area contributed by atoms with Crippen LogP contribution >= 0.6 is 0 Å². The monoisotopic (exact) mass is 491 g/mol. The highest BCUT2D eigenvalue weighted by Crippen LogP contribution is 2.31. The van der Waals surface area contributed by atoms with Crippen molar-refractivity contribution in [3.05, 3.63) is 54.4 Å². The van der Waals surface area contributed by atoms with Crippen molar-refractivity contribution >= 4 is 22.6 Å². The molecule has 4 aromatic rings. The van der Waals surface area contributed by atoms with Gasteiger partial charge in [0.1, 0.15) is 12.3 Å². The van der Waals surface area contributed by atoms with E-state index in [1.54, 1.807) is 54.6 Å². The van der Waals surface area contributed by atoms with Crippen molar-refractivity contribution in [1.82, 2.24) is 19.7 Å². The predicted molar refractivity (Wildman–Crippen MR) is 140 cm³/mol. The smallest absolute Gasteiger partial charge is 0.256 e. The van der Waals surface area contributed by atoms with Crippen molar-refractivity contribution in [2.45, 2.75) is 33.7 Å². The number of hydrogen-bond acceptors (Lipinski definition) is 7. The van der Waals surface area contributed by atoms with E-state index in [2.05, 4.69) is 29.2 Å². The van der Waals surface area contributed by atoms with Crippen LogP contribution in [0.15, 0.2) is 53.3 Å². The Morgan fingerprint density at radius 3 is 2.64 bits per heavy atom. The number of likely N-dealkylation sites (N-methyl/N-ethyl adjacent to an activating group) is 1. The number of carbonyl (C=O) groups excluding carboxylic acids is 1. The summed E-state index contributed by atoms with van der Waals surface area (Å²) in [7, 11) is 1.60. The average molecular weight is 492 g/mol. The number of hydrogen-bond donors (Lipinski definition) is 1. The highest BCUT2D eigenvalue weighted by Gasteiger charge is 2.20. The molecular weight excluding hydrogens is 458 g/mol. The molecule has 1 N–H and O–H groups in total. The lowest BCUT2D eigenvalue weighted by Crippen LogP contribution is -2.28. The molecule has 0 saturated heterocycles. The lowest BCUT2D eigenvalue weighted by atomic mass is 10.1. The van der Waals surface area contributed by atoms with Gasteiger partial charge in [0.2, 0.25) is 0 Å². The largest absolute Gasteiger partial charge is 0.493 e. The van der Waals surface area contributed by atoms with Crippen LogP contribution in [0.3, 0.4) is 0 Å². The van der Waals surface area contributed by atoms with Crippen molar-refractivity contribution in [1.29, 1.82) is 0 Å². The van der Waals surface area contributed by atoms with E-state index < -0.39 is 0 Å². The van der Waals surface area contributed by atoms with E-state index in [0.29, 0.717) is 51.8 Å². The molecule has 0 aliphatic heterocycles. The van der Waals surface area contributed by atoms with E-state index in [1.807, 2.05) is 19.9 Å². The first-order valence-corrected chi connectivity index (χ1v) is 12.2. The molecule has 3 aromatic heterocycles. The third kappa shape index (κ3) is 5.36. The summed E-state index contributed by atoms with van der Waals surface area (Å²) in [5.41, 5.74) is 2.24. The minimum atomic E-state index is -0.280. The molecule has 9 heteroatoms. The van der Waals surface area contributed by atoms with Crippen molar-refractivity contribution < 1.29 is 18.7 Å². The number of rotatable bonds is 11. The number of ether oxygens (including phenoxy) is 2. The Balaban J connectivity index is 1.63. The van der Waals surface area contributed by atoms with Crippen molar-refractivity contribution in [2.24, 2.45) is 0 Å². The maximum Gasteiger partial charge on any atom is 0.256 e. The van der Waals surface area contributed by atoms with Gasteiger partial charge in [-0.3, -0.25) is 4.79 Å². The first kappa shape index (κ1) is 25.2. The fourth-order valence-electron chi connectivity index (χ4n) is 4.02. The number of carbonyl (C=O) groups is 1. The molecule has 0 radical (unpaired) electrons. The van der Waals surface area contributed by atoms with Crippen LogP contribution in [0.1, 0.15) is 44.1 Å². The normalized spacial score (nSPS) is 11.4. The minimum Gasteiger partial charge on any atom is -0.493 e. The lowest BCUT2D eigenvalue weighted by Gasteiger charge is -2.19. The summed E-state index contributed by atoms with van der Waals surface area (Å²) in [6, 6.07) is 10.8. The fourth-order valence-corrected chi connectivity index (χ4v) is 4.02. The molecule has 1 amide bonds. The number of methoxy groups -OCH3 is 1. The van der Waals surface area contributed by atoms with Gasteiger partial charge in [0.15, 0.2) is 22.9 Å². The number of fused-ring (bicyclic) bond motifs is 1. The molecule has 9 nitrogen and oxygen atoms in total.